The summed E-state index contributed by atoms with van der Waals surface area (Å²) in [4.78, 5) is 0. The van der Waals surface area contributed by atoms with Crippen molar-refractivity contribution >= 4 is 12.4 Å². The summed E-state index contributed by atoms with van der Waals surface area (Å²) >= 11 is 0. The predicted molar refractivity (Wildman–Crippen MR) is 87.7 cm³/mol. The van der Waals surface area contributed by atoms with Gasteiger partial charge < -0.3 is 14.8 Å². The number of methoxy groups -OCH3 is 2. The van der Waals surface area contributed by atoms with Crippen molar-refractivity contribution in [1.82, 2.24) is 5.32 Å². The second-order valence-corrected chi connectivity index (χ2v) is 4.97. The lowest BCUT2D eigenvalue weighted by atomic mass is 9.82. The molecule has 21 heavy (non-hydrogen) atoms. The van der Waals surface area contributed by atoms with Gasteiger partial charge in [-0.25, -0.2) is 0 Å². The topological polar surface area (TPSA) is 30.5 Å². The summed E-state index contributed by atoms with van der Waals surface area (Å²) in [6, 6.07) is 12.9. The molecule has 0 spiro atoms. The summed E-state index contributed by atoms with van der Waals surface area (Å²) in [5, 5.41) is 3.40. The Morgan fingerprint density at radius 3 is 2.48 bits per heavy atom. The number of nitrogens with one attached hydrogen (secondary N) is 1. The first-order chi connectivity index (χ1) is 9.80. The highest BCUT2D eigenvalue weighted by atomic mass is 35.5. The van der Waals surface area contributed by atoms with E-state index in [0.717, 1.165) is 23.5 Å². The Bertz CT molecular complexity index is 643. The molecule has 0 fully saturated rings. The third-order valence-corrected chi connectivity index (χ3v) is 4.01. The van der Waals surface area contributed by atoms with Gasteiger partial charge in [0.25, 0.3) is 0 Å². The molecule has 1 aliphatic rings. The van der Waals surface area contributed by atoms with Crippen molar-refractivity contribution in [3.05, 3.63) is 47.5 Å². The van der Waals surface area contributed by atoms with Gasteiger partial charge >= 0.3 is 0 Å². The maximum atomic E-state index is 5.61. The first-order valence-electron chi connectivity index (χ1n) is 6.80. The number of rotatable bonds is 3. The van der Waals surface area contributed by atoms with E-state index in [2.05, 4.69) is 35.6 Å². The zero-order valence-electron chi connectivity index (χ0n) is 12.5. The monoisotopic (exact) mass is 305 g/mol. The molecule has 2 aromatic rings. The van der Waals surface area contributed by atoms with Gasteiger partial charge in [0, 0.05) is 11.6 Å². The van der Waals surface area contributed by atoms with Gasteiger partial charge in [-0.2, -0.15) is 0 Å². The zero-order chi connectivity index (χ0) is 14.1. The molecule has 0 amide bonds. The van der Waals surface area contributed by atoms with Crippen LogP contribution in [0, 0.1) is 0 Å². The number of halogens is 1. The van der Waals surface area contributed by atoms with Gasteiger partial charge in [0.15, 0.2) is 11.5 Å². The van der Waals surface area contributed by atoms with Gasteiger partial charge in [-0.05, 0) is 36.2 Å². The van der Waals surface area contributed by atoms with E-state index in [9.17, 15) is 0 Å². The van der Waals surface area contributed by atoms with Crippen molar-refractivity contribution in [2.24, 2.45) is 0 Å². The van der Waals surface area contributed by atoms with Crippen LogP contribution in [0.1, 0.15) is 17.2 Å². The lowest BCUT2D eigenvalue weighted by Crippen LogP contribution is -2.23. The van der Waals surface area contributed by atoms with Gasteiger partial charge in [0.05, 0.1) is 14.2 Å². The first kappa shape index (κ1) is 15.7. The first-order valence-corrected chi connectivity index (χ1v) is 6.80. The molecule has 0 saturated heterocycles. The fourth-order valence-corrected chi connectivity index (χ4v) is 3.05. The molecule has 112 valence electrons. The van der Waals surface area contributed by atoms with Gasteiger partial charge in [-0.3, -0.25) is 0 Å². The maximum Gasteiger partial charge on any atom is 0.168 e. The maximum absolute atomic E-state index is 5.61. The van der Waals surface area contributed by atoms with Crippen LogP contribution in [0.4, 0.5) is 0 Å². The Morgan fingerprint density at radius 2 is 1.81 bits per heavy atom. The highest BCUT2D eigenvalue weighted by Gasteiger charge is 2.27. The van der Waals surface area contributed by atoms with Crippen LogP contribution in [0.15, 0.2) is 36.4 Å². The van der Waals surface area contributed by atoms with Crippen LogP contribution in [-0.2, 0) is 6.42 Å². The van der Waals surface area contributed by atoms with Gasteiger partial charge in [0.1, 0.15) is 0 Å². The normalized spacial score (nSPS) is 15.5. The summed E-state index contributed by atoms with van der Waals surface area (Å²) in [6.45, 7) is 0. The van der Waals surface area contributed by atoms with Gasteiger partial charge in [-0.1, -0.05) is 30.3 Å². The van der Waals surface area contributed by atoms with Crippen LogP contribution >= 0.6 is 12.4 Å². The third kappa shape index (κ3) is 2.47. The highest BCUT2D eigenvalue weighted by Crippen LogP contribution is 2.47. The number of ether oxygens (including phenoxy) is 2. The quantitative estimate of drug-likeness (QED) is 0.939. The lowest BCUT2D eigenvalue weighted by molar-refractivity contribution is 0.355. The predicted octanol–water partition coefficient (Wildman–Crippen LogP) is 3.61. The number of hydrogen-bond donors (Lipinski definition) is 1. The molecule has 2 aromatic carbocycles. The zero-order valence-corrected chi connectivity index (χ0v) is 13.3. The molecule has 1 aliphatic carbocycles. The van der Waals surface area contributed by atoms with E-state index in [1.165, 1.54) is 16.7 Å². The van der Waals surface area contributed by atoms with Crippen molar-refractivity contribution in [3.63, 3.8) is 0 Å². The van der Waals surface area contributed by atoms with Crippen molar-refractivity contribution in [2.75, 3.05) is 21.3 Å². The van der Waals surface area contributed by atoms with Crippen LogP contribution in [0.25, 0.3) is 11.1 Å². The molecule has 3 rings (SSSR count). The Kier molecular flexibility index (Phi) is 4.76. The summed E-state index contributed by atoms with van der Waals surface area (Å²) in [5.74, 6) is 1.61. The molecule has 3 nitrogen and oxygen atoms in total. The van der Waals surface area contributed by atoms with E-state index in [-0.39, 0.29) is 12.4 Å². The number of fused-ring (bicyclic) bond motifs is 3. The molecule has 0 aromatic heterocycles. The van der Waals surface area contributed by atoms with Crippen molar-refractivity contribution in [1.29, 1.82) is 0 Å². The summed E-state index contributed by atoms with van der Waals surface area (Å²) < 4.78 is 11.0. The second kappa shape index (κ2) is 6.37. The van der Waals surface area contributed by atoms with E-state index in [1.807, 2.05) is 13.1 Å². The largest absolute Gasteiger partial charge is 0.493 e. The molecular weight excluding hydrogens is 286 g/mol. The average molecular weight is 306 g/mol. The molecule has 1 atom stereocenters. The minimum atomic E-state index is 0. The van der Waals surface area contributed by atoms with Gasteiger partial charge in [-0.15, -0.1) is 12.4 Å². The molecule has 1 unspecified atom stereocenters. The van der Waals surface area contributed by atoms with Gasteiger partial charge in [0.2, 0.25) is 0 Å². The van der Waals surface area contributed by atoms with E-state index >= 15 is 0 Å². The summed E-state index contributed by atoms with van der Waals surface area (Å²) in [7, 11) is 5.38. The van der Waals surface area contributed by atoms with E-state index in [1.54, 1.807) is 14.2 Å². The minimum absolute atomic E-state index is 0. The van der Waals surface area contributed by atoms with Crippen molar-refractivity contribution < 1.29 is 9.47 Å². The smallest absolute Gasteiger partial charge is 0.168 e. The number of hydrogen-bond acceptors (Lipinski definition) is 3. The Labute approximate surface area is 131 Å². The van der Waals surface area contributed by atoms with E-state index in [0.29, 0.717) is 6.04 Å². The molecule has 0 heterocycles. The Hall–Kier alpha value is -1.71. The molecule has 4 heteroatoms. The number of likely N-dealkylation sites (N-methyl/N-ethyl adjacent to an activating group) is 1. The fraction of sp³-hybridized carbons (Fsp3) is 0.294. The summed E-state index contributed by atoms with van der Waals surface area (Å²) in [6.07, 6.45) is 0.962. The van der Waals surface area contributed by atoms with E-state index < -0.39 is 0 Å². The van der Waals surface area contributed by atoms with Crippen LogP contribution in [0.2, 0.25) is 0 Å². The minimum Gasteiger partial charge on any atom is -0.493 e. The molecule has 0 aliphatic heterocycles. The number of benzene rings is 2. The summed E-state index contributed by atoms with van der Waals surface area (Å²) in [5.41, 5.74) is 4.99. The van der Waals surface area contributed by atoms with Crippen molar-refractivity contribution in [2.45, 2.75) is 12.5 Å². The lowest BCUT2D eigenvalue weighted by Gasteiger charge is -2.29. The average Bonchev–Trinajstić information content (AvgIpc) is 2.52. The Balaban J connectivity index is 0.00000161. The van der Waals surface area contributed by atoms with Crippen LogP contribution in [0.3, 0.4) is 0 Å². The standard InChI is InChI=1S/C17H19NO2.ClH/c1-18-14-10-11-8-9-15(19-2)17(20-3)16(11)13-7-5-4-6-12(13)14;/h4-9,14,18H,10H2,1-3H3;1H. The molecule has 0 bridgehead atoms. The highest BCUT2D eigenvalue weighted by molar-refractivity contribution is 5.85. The van der Waals surface area contributed by atoms with E-state index in [4.69, 9.17) is 9.47 Å². The molecular formula is C17H20ClNO2. The second-order valence-electron chi connectivity index (χ2n) is 4.97. The van der Waals surface area contributed by atoms with Crippen LogP contribution in [-0.4, -0.2) is 21.3 Å². The SMILES string of the molecule is CNC1Cc2ccc(OC)c(OC)c2-c2ccccc21.Cl. The van der Waals surface area contributed by atoms with Crippen molar-refractivity contribution in [3.8, 4) is 22.6 Å². The molecule has 0 saturated carbocycles. The fourth-order valence-electron chi connectivity index (χ4n) is 3.05. The third-order valence-electron chi connectivity index (χ3n) is 4.01. The molecule has 1 N–H and O–H groups in total. The van der Waals surface area contributed by atoms with Crippen LogP contribution < -0.4 is 14.8 Å². The van der Waals surface area contributed by atoms with Crippen LogP contribution in [0.5, 0.6) is 11.5 Å². The molecule has 0 radical (unpaired) electrons. The Morgan fingerprint density at radius 1 is 1.05 bits per heavy atom.